The minimum atomic E-state index is -4.30. The van der Waals surface area contributed by atoms with Gasteiger partial charge in [-0.05, 0) is 35.1 Å². The molecule has 0 aliphatic heterocycles. The van der Waals surface area contributed by atoms with Gasteiger partial charge in [0.2, 0.25) is 0 Å². The van der Waals surface area contributed by atoms with Gasteiger partial charge in [-0.1, -0.05) is 6.08 Å². The predicted molar refractivity (Wildman–Crippen MR) is 46.9 cm³/mol. The van der Waals surface area contributed by atoms with Gasteiger partial charge in [0.15, 0.2) is 0 Å². The van der Waals surface area contributed by atoms with Gasteiger partial charge >= 0.3 is 6.18 Å². The number of hydrogen-bond acceptors (Lipinski definition) is 1. The number of aliphatic hydroxyl groups excluding tert-OH is 1. The highest BCUT2D eigenvalue weighted by atomic mass is 127. The Kier molecular flexibility index (Phi) is 2.82. The van der Waals surface area contributed by atoms with Gasteiger partial charge in [0.1, 0.15) is 0 Å². The first-order chi connectivity index (χ1) is 5.41. The lowest BCUT2D eigenvalue weighted by atomic mass is 10.1. The van der Waals surface area contributed by atoms with Crippen LogP contribution in [0.1, 0.15) is 6.42 Å². The fourth-order valence-electron chi connectivity index (χ4n) is 0.852. The topological polar surface area (TPSA) is 20.2 Å². The summed E-state index contributed by atoms with van der Waals surface area (Å²) < 4.78 is 36.5. The van der Waals surface area contributed by atoms with Gasteiger partial charge in [0.25, 0.3) is 0 Å². The third kappa shape index (κ3) is 2.22. The second kappa shape index (κ2) is 3.37. The van der Waals surface area contributed by atoms with Crippen LogP contribution in [0.2, 0.25) is 0 Å². The van der Waals surface area contributed by atoms with Gasteiger partial charge in [-0.25, -0.2) is 0 Å². The van der Waals surface area contributed by atoms with E-state index < -0.39 is 17.9 Å². The molecule has 0 spiro atoms. The van der Waals surface area contributed by atoms with Gasteiger partial charge in [0, 0.05) is 3.58 Å². The number of alkyl halides is 3. The number of halogens is 4. The van der Waals surface area contributed by atoms with Crippen molar-refractivity contribution >= 4 is 22.6 Å². The lowest BCUT2D eigenvalue weighted by Gasteiger charge is -2.16. The van der Waals surface area contributed by atoms with E-state index >= 15 is 0 Å². The highest BCUT2D eigenvalue weighted by Crippen LogP contribution is 2.33. The van der Waals surface area contributed by atoms with Crippen LogP contribution in [-0.2, 0) is 0 Å². The molecule has 1 N–H and O–H groups in total. The second-order valence-corrected chi connectivity index (χ2v) is 3.68. The molecule has 1 nitrogen and oxygen atoms in total. The van der Waals surface area contributed by atoms with Gasteiger partial charge in [-0.3, -0.25) is 0 Å². The van der Waals surface area contributed by atoms with Crippen molar-refractivity contribution < 1.29 is 18.3 Å². The number of allylic oxidation sites excluding steroid dienone is 2. The normalized spacial score (nSPS) is 24.9. The molecule has 0 heterocycles. The van der Waals surface area contributed by atoms with E-state index in [1.165, 1.54) is 0 Å². The van der Waals surface area contributed by atoms with Crippen LogP contribution in [0.25, 0.3) is 0 Å². The number of aliphatic hydroxyl groups is 1. The van der Waals surface area contributed by atoms with Crippen molar-refractivity contribution in [2.45, 2.75) is 18.7 Å². The van der Waals surface area contributed by atoms with Crippen molar-refractivity contribution in [3.8, 4) is 0 Å². The van der Waals surface area contributed by atoms with Crippen LogP contribution in [0.5, 0.6) is 0 Å². The summed E-state index contributed by atoms with van der Waals surface area (Å²) in [5.74, 6) is 0. The summed E-state index contributed by atoms with van der Waals surface area (Å²) in [6.07, 6.45) is -3.04. The highest BCUT2D eigenvalue weighted by Gasteiger charge is 2.34. The molecule has 0 fully saturated rings. The van der Waals surface area contributed by atoms with Crippen LogP contribution in [0.4, 0.5) is 13.2 Å². The molecule has 1 aliphatic carbocycles. The Morgan fingerprint density at radius 2 is 2.08 bits per heavy atom. The van der Waals surface area contributed by atoms with Gasteiger partial charge in [0.05, 0.1) is 11.7 Å². The second-order valence-electron chi connectivity index (χ2n) is 2.44. The zero-order valence-corrected chi connectivity index (χ0v) is 8.06. The minimum absolute atomic E-state index is 0.0453. The molecule has 5 heteroatoms. The van der Waals surface area contributed by atoms with E-state index in [0.717, 1.165) is 12.2 Å². The van der Waals surface area contributed by atoms with E-state index in [0.29, 0.717) is 3.58 Å². The first-order valence-electron chi connectivity index (χ1n) is 3.24. The van der Waals surface area contributed by atoms with Crippen molar-refractivity contribution in [2.75, 3.05) is 0 Å². The molecule has 1 aliphatic rings. The molecule has 0 amide bonds. The Bertz CT molecular complexity index is 242. The van der Waals surface area contributed by atoms with Crippen LogP contribution >= 0.6 is 22.6 Å². The monoisotopic (exact) mass is 290 g/mol. The third-order valence-corrected chi connectivity index (χ3v) is 2.53. The van der Waals surface area contributed by atoms with E-state index in [-0.39, 0.29) is 6.42 Å². The molecule has 68 valence electrons. The third-order valence-electron chi connectivity index (χ3n) is 1.50. The summed E-state index contributed by atoms with van der Waals surface area (Å²) in [5, 5.41) is 9.07. The zero-order chi connectivity index (χ0) is 9.35. The van der Waals surface area contributed by atoms with E-state index in [4.69, 9.17) is 5.11 Å². The molecule has 12 heavy (non-hydrogen) atoms. The van der Waals surface area contributed by atoms with Crippen LogP contribution in [0.15, 0.2) is 21.3 Å². The fraction of sp³-hybridized carbons (Fsp3) is 0.429. The van der Waals surface area contributed by atoms with Crippen molar-refractivity contribution in [3.05, 3.63) is 21.3 Å². The summed E-state index contributed by atoms with van der Waals surface area (Å²) in [7, 11) is 0. The molecule has 0 radical (unpaired) electrons. The van der Waals surface area contributed by atoms with Crippen molar-refractivity contribution in [3.63, 3.8) is 0 Å². The van der Waals surface area contributed by atoms with E-state index in [9.17, 15) is 13.2 Å². The Morgan fingerprint density at radius 3 is 2.50 bits per heavy atom. The summed E-state index contributed by atoms with van der Waals surface area (Å²) >= 11 is 1.71. The smallest absolute Gasteiger partial charge is 0.388 e. The van der Waals surface area contributed by atoms with E-state index in [1.807, 2.05) is 0 Å². The largest absolute Gasteiger partial charge is 0.416 e. The number of rotatable bonds is 0. The first kappa shape index (κ1) is 10.0. The van der Waals surface area contributed by atoms with Crippen molar-refractivity contribution in [2.24, 2.45) is 0 Å². The van der Waals surface area contributed by atoms with Crippen molar-refractivity contribution in [1.29, 1.82) is 0 Å². The molecule has 0 aromatic rings. The van der Waals surface area contributed by atoms with Crippen LogP contribution < -0.4 is 0 Å². The summed E-state index contributed by atoms with van der Waals surface area (Å²) in [6, 6.07) is 0. The van der Waals surface area contributed by atoms with Crippen LogP contribution in [0.3, 0.4) is 0 Å². The predicted octanol–water partition coefficient (Wildman–Crippen LogP) is 2.56. The molecule has 0 saturated carbocycles. The van der Waals surface area contributed by atoms with E-state index in [2.05, 4.69) is 0 Å². The van der Waals surface area contributed by atoms with E-state index in [1.54, 1.807) is 22.6 Å². The maximum absolute atomic E-state index is 12.0. The highest BCUT2D eigenvalue weighted by molar-refractivity contribution is 14.1. The average Bonchev–Trinajstić information content (AvgIpc) is 1.92. The minimum Gasteiger partial charge on any atom is -0.388 e. The Hall–Kier alpha value is -0.0400. The van der Waals surface area contributed by atoms with Crippen molar-refractivity contribution in [1.82, 2.24) is 0 Å². The molecule has 1 rings (SSSR count). The average molecular weight is 290 g/mol. The quantitative estimate of drug-likeness (QED) is 0.680. The summed E-state index contributed by atoms with van der Waals surface area (Å²) in [6.45, 7) is 0. The molecular weight excluding hydrogens is 284 g/mol. The Balaban J connectivity index is 2.85. The first-order valence-corrected chi connectivity index (χ1v) is 4.31. The maximum atomic E-state index is 12.0. The molecule has 0 saturated heterocycles. The fourth-order valence-corrected chi connectivity index (χ4v) is 1.44. The molecule has 0 bridgehead atoms. The zero-order valence-electron chi connectivity index (χ0n) is 5.90. The Morgan fingerprint density at radius 1 is 1.50 bits per heavy atom. The van der Waals surface area contributed by atoms with Gasteiger partial charge in [-0.2, -0.15) is 13.2 Å². The Labute approximate surface area is 81.1 Å². The lowest BCUT2D eigenvalue weighted by molar-refractivity contribution is -0.0888. The molecule has 0 aromatic carbocycles. The lowest BCUT2D eigenvalue weighted by Crippen LogP contribution is -2.17. The summed E-state index contributed by atoms with van der Waals surface area (Å²) in [5.41, 5.74) is -0.669. The molecule has 1 atom stereocenters. The SMILES string of the molecule is OC1CC=C(C(F)(F)F)C=C1I. The number of hydrogen-bond donors (Lipinski definition) is 1. The molecular formula is C7H6F3IO. The standard InChI is InChI=1S/C7H6F3IO/c8-7(9,10)4-1-2-6(12)5(11)3-4/h1,3,6,12H,2H2. The maximum Gasteiger partial charge on any atom is 0.416 e. The van der Waals surface area contributed by atoms with Crippen LogP contribution in [-0.4, -0.2) is 17.4 Å². The van der Waals surface area contributed by atoms with Gasteiger partial charge < -0.3 is 5.11 Å². The van der Waals surface area contributed by atoms with Crippen LogP contribution in [0, 0.1) is 0 Å². The molecule has 1 unspecified atom stereocenters. The van der Waals surface area contributed by atoms with Gasteiger partial charge in [-0.15, -0.1) is 0 Å². The molecule has 0 aromatic heterocycles. The summed E-state index contributed by atoms with van der Waals surface area (Å²) in [4.78, 5) is 0.